The molecule has 0 aliphatic heterocycles. The van der Waals surface area contributed by atoms with E-state index in [4.69, 9.17) is 4.74 Å². The number of nitrogens with zero attached hydrogens (tertiary/aromatic N) is 1. The number of carbonyl (C=O) groups excluding carboxylic acids is 1. The summed E-state index contributed by atoms with van der Waals surface area (Å²) in [4.78, 5) is 12.3. The van der Waals surface area contributed by atoms with Crippen molar-refractivity contribution in [1.29, 1.82) is 0 Å². The molecule has 0 radical (unpaired) electrons. The van der Waals surface area contributed by atoms with Gasteiger partial charge in [-0.2, -0.15) is 0 Å². The Labute approximate surface area is 123 Å². The summed E-state index contributed by atoms with van der Waals surface area (Å²) in [6.45, 7) is 2.38. The van der Waals surface area contributed by atoms with E-state index >= 15 is 0 Å². The van der Waals surface area contributed by atoms with Crippen molar-refractivity contribution in [3.63, 3.8) is 0 Å². The van der Waals surface area contributed by atoms with E-state index in [0.717, 1.165) is 36.0 Å². The van der Waals surface area contributed by atoms with Crippen LogP contribution in [0.15, 0.2) is 22.7 Å². The number of hydrogen-bond acceptors (Lipinski definition) is 3. The first-order valence-corrected chi connectivity index (χ1v) is 7.15. The van der Waals surface area contributed by atoms with Crippen LogP contribution in [-0.2, 0) is 11.2 Å². The van der Waals surface area contributed by atoms with Crippen LogP contribution in [0.2, 0.25) is 0 Å². The minimum absolute atomic E-state index is 0.652. The maximum absolute atomic E-state index is 10.2. The van der Waals surface area contributed by atoms with Gasteiger partial charge in [0.15, 0.2) is 0 Å². The Balaban J connectivity index is 2.41. The number of hydrogen-bond donors (Lipinski definition) is 1. The van der Waals surface area contributed by atoms with Crippen LogP contribution in [0.4, 0.5) is 0 Å². The van der Waals surface area contributed by atoms with E-state index in [0.29, 0.717) is 13.2 Å². The zero-order valence-electron chi connectivity index (χ0n) is 11.5. The summed E-state index contributed by atoms with van der Waals surface area (Å²) >= 11 is 3.51. The van der Waals surface area contributed by atoms with Crippen LogP contribution in [-0.4, -0.2) is 45.1 Å². The lowest BCUT2D eigenvalue weighted by atomic mass is 10.1. The third kappa shape index (κ3) is 6.59. The lowest BCUT2D eigenvalue weighted by Gasteiger charge is -2.12. The molecule has 0 unspecified atom stereocenters. The molecule has 1 N–H and O–H groups in total. The molecule has 1 rings (SSSR count). The summed E-state index contributed by atoms with van der Waals surface area (Å²) in [6, 6.07) is 6.03. The minimum atomic E-state index is 0.652. The lowest BCUT2D eigenvalue weighted by molar-refractivity contribution is -0.109. The maximum Gasteiger partial charge on any atom is 0.207 e. The predicted molar refractivity (Wildman–Crippen MR) is 80.6 cm³/mol. The van der Waals surface area contributed by atoms with Crippen LogP contribution in [0, 0.1) is 0 Å². The number of rotatable bonds is 9. The number of halogens is 1. The predicted octanol–water partition coefficient (Wildman–Crippen LogP) is 2.07. The normalized spacial score (nSPS) is 10.5. The van der Waals surface area contributed by atoms with Gasteiger partial charge in [-0.05, 0) is 60.6 Å². The van der Waals surface area contributed by atoms with E-state index in [1.807, 2.05) is 18.2 Å². The van der Waals surface area contributed by atoms with Gasteiger partial charge in [-0.15, -0.1) is 0 Å². The standard InChI is InChI=1S/C14H21BrN2O2/c1-17(2)8-3-9-19-14-5-4-12(10-13(14)15)6-7-16-11-18/h4-5,10-11H,3,6-9H2,1-2H3,(H,16,18). The average molecular weight is 329 g/mol. The average Bonchev–Trinajstić information content (AvgIpc) is 2.36. The van der Waals surface area contributed by atoms with Crippen molar-refractivity contribution < 1.29 is 9.53 Å². The second-order valence-electron chi connectivity index (χ2n) is 4.59. The fourth-order valence-corrected chi connectivity index (χ4v) is 2.20. The van der Waals surface area contributed by atoms with Gasteiger partial charge in [-0.1, -0.05) is 6.07 Å². The van der Waals surface area contributed by atoms with E-state index in [-0.39, 0.29) is 0 Å². The van der Waals surface area contributed by atoms with Gasteiger partial charge in [0.2, 0.25) is 6.41 Å². The second-order valence-corrected chi connectivity index (χ2v) is 5.45. The first-order chi connectivity index (χ1) is 9.13. The highest BCUT2D eigenvalue weighted by Gasteiger charge is 2.03. The van der Waals surface area contributed by atoms with Crippen LogP contribution in [0.3, 0.4) is 0 Å². The van der Waals surface area contributed by atoms with Gasteiger partial charge in [0.1, 0.15) is 5.75 Å². The highest BCUT2D eigenvalue weighted by molar-refractivity contribution is 9.10. The number of nitrogens with one attached hydrogen (secondary N) is 1. The molecule has 0 aromatic heterocycles. The Hall–Kier alpha value is -1.07. The molecule has 0 fully saturated rings. The highest BCUT2D eigenvalue weighted by atomic mass is 79.9. The third-order valence-corrected chi connectivity index (χ3v) is 3.26. The van der Waals surface area contributed by atoms with E-state index in [1.54, 1.807) is 0 Å². The summed E-state index contributed by atoms with van der Waals surface area (Å²) in [6.07, 6.45) is 2.54. The smallest absolute Gasteiger partial charge is 0.207 e. The van der Waals surface area contributed by atoms with Crippen molar-refractivity contribution >= 4 is 22.3 Å². The van der Waals surface area contributed by atoms with Crippen molar-refractivity contribution in [1.82, 2.24) is 10.2 Å². The molecule has 0 spiro atoms. The number of ether oxygens (including phenoxy) is 1. The summed E-state index contributed by atoms with van der Waals surface area (Å²) in [7, 11) is 4.11. The molecule has 0 saturated heterocycles. The molecule has 1 aromatic rings. The molecule has 4 nitrogen and oxygen atoms in total. The van der Waals surface area contributed by atoms with Crippen molar-refractivity contribution in [2.24, 2.45) is 0 Å². The van der Waals surface area contributed by atoms with E-state index < -0.39 is 0 Å². The zero-order chi connectivity index (χ0) is 14.1. The summed E-state index contributed by atoms with van der Waals surface area (Å²) in [5.41, 5.74) is 1.17. The van der Waals surface area contributed by atoms with Gasteiger partial charge in [-0.3, -0.25) is 4.79 Å². The van der Waals surface area contributed by atoms with Crippen molar-refractivity contribution in [2.45, 2.75) is 12.8 Å². The fourth-order valence-electron chi connectivity index (χ4n) is 1.66. The molecule has 19 heavy (non-hydrogen) atoms. The molecule has 0 atom stereocenters. The Morgan fingerprint density at radius 3 is 2.84 bits per heavy atom. The van der Waals surface area contributed by atoms with Crippen LogP contribution >= 0.6 is 15.9 Å². The van der Waals surface area contributed by atoms with Crippen LogP contribution in [0.25, 0.3) is 0 Å². The van der Waals surface area contributed by atoms with Crippen molar-refractivity contribution in [3.05, 3.63) is 28.2 Å². The van der Waals surface area contributed by atoms with Gasteiger partial charge in [-0.25, -0.2) is 0 Å². The molecular weight excluding hydrogens is 308 g/mol. The van der Waals surface area contributed by atoms with Crippen LogP contribution in [0.1, 0.15) is 12.0 Å². The SMILES string of the molecule is CN(C)CCCOc1ccc(CCNC=O)cc1Br. The zero-order valence-corrected chi connectivity index (χ0v) is 13.1. The van der Waals surface area contributed by atoms with Crippen LogP contribution < -0.4 is 10.1 Å². The van der Waals surface area contributed by atoms with E-state index in [9.17, 15) is 4.79 Å². The van der Waals surface area contributed by atoms with Crippen molar-refractivity contribution in [2.75, 3.05) is 33.8 Å². The first-order valence-electron chi connectivity index (χ1n) is 6.36. The summed E-state index contributed by atoms with van der Waals surface area (Å²) in [5.74, 6) is 0.867. The number of carbonyl (C=O) groups is 1. The summed E-state index contributed by atoms with van der Waals surface area (Å²) < 4.78 is 6.68. The van der Waals surface area contributed by atoms with Gasteiger partial charge in [0.05, 0.1) is 11.1 Å². The molecule has 0 aliphatic rings. The molecule has 1 amide bonds. The van der Waals surface area contributed by atoms with E-state index in [1.165, 1.54) is 5.56 Å². The third-order valence-electron chi connectivity index (χ3n) is 2.64. The number of amides is 1. The molecule has 5 heteroatoms. The van der Waals surface area contributed by atoms with E-state index in [2.05, 4.69) is 40.2 Å². The highest BCUT2D eigenvalue weighted by Crippen LogP contribution is 2.26. The first kappa shape index (κ1) is 16.0. The lowest BCUT2D eigenvalue weighted by Crippen LogP contribution is -2.15. The summed E-state index contributed by atoms with van der Waals surface area (Å²) in [5, 5.41) is 2.65. The Morgan fingerprint density at radius 1 is 1.42 bits per heavy atom. The Kier molecular flexibility index (Phi) is 7.52. The topological polar surface area (TPSA) is 41.6 Å². The molecule has 0 bridgehead atoms. The molecule has 1 aromatic carbocycles. The quantitative estimate of drug-likeness (QED) is 0.557. The van der Waals surface area contributed by atoms with Crippen LogP contribution in [0.5, 0.6) is 5.75 Å². The Bertz CT molecular complexity index is 397. The minimum Gasteiger partial charge on any atom is -0.492 e. The molecule has 0 aliphatic carbocycles. The van der Waals surface area contributed by atoms with Crippen molar-refractivity contribution in [3.8, 4) is 5.75 Å². The Morgan fingerprint density at radius 2 is 2.21 bits per heavy atom. The largest absolute Gasteiger partial charge is 0.492 e. The molecule has 0 saturated carbocycles. The number of benzene rings is 1. The van der Waals surface area contributed by atoms with Gasteiger partial charge < -0.3 is 15.0 Å². The van der Waals surface area contributed by atoms with Gasteiger partial charge >= 0.3 is 0 Å². The van der Waals surface area contributed by atoms with Gasteiger partial charge in [0, 0.05) is 13.1 Å². The monoisotopic (exact) mass is 328 g/mol. The fraction of sp³-hybridized carbons (Fsp3) is 0.500. The van der Waals surface area contributed by atoms with Gasteiger partial charge in [0.25, 0.3) is 0 Å². The molecule has 106 valence electrons. The molecule has 0 heterocycles. The maximum atomic E-state index is 10.2. The molecular formula is C14H21BrN2O2. The second kappa shape index (κ2) is 8.93.